The molecule has 1 aliphatic carbocycles. The third-order valence-corrected chi connectivity index (χ3v) is 6.71. The number of rotatable bonds is 7. The van der Waals surface area contributed by atoms with Gasteiger partial charge in [-0.05, 0) is 43.2 Å². The van der Waals surface area contributed by atoms with Crippen molar-refractivity contribution in [2.24, 2.45) is 0 Å². The van der Waals surface area contributed by atoms with Crippen molar-refractivity contribution >= 4 is 28.4 Å². The number of ether oxygens (including phenoxy) is 2. The molecule has 4 rings (SSSR count). The summed E-state index contributed by atoms with van der Waals surface area (Å²) >= 11 is 1.33. The molecule has 0 unspecified atom stereocenters. The van der Waals surface area contributed by atoms with Crippen molar-refractivity contribution < 1.29 is 14.3 Å². The molecule has 1 heterocycles. The second kappa shape index (κ2) is 9.56. The number of Topliss-reactive ketones (excluding diaryl/α,β-unsaturated/α-hetero) is 1. The number of nitrogens with zero attached hydrogens (tertiary/aromatic N) is 2. The first-order valence-electron chi connectivity index (χ1n) is 10.5. The number of hydrogen-bond donors (Lipinski definition) is 0. The van der Waals surface area contributed by atoms with E-state index in [1.54, 1.807) is 32.4 Å². The number of thioether (sulfide) groups is 1. The zero-order valence-corrected chi connectivity index (χ0v) is 18.6. The van der Waals surface area contributed by atoms with Gasteiger partial charge in [-0.1, -0.05) is 43.2 Å². The minimum Gasteiger partial charge on any atom is -0.493 e. The highest BCUT2D eigenvalue weighted by molar-refractivity contribution is 7.99. The average Bonchev–Trinajstić information content (AvgIpc) is 2.82. The van der Waals surface area contributed by atoms with Crippen LogP contribution < -0.4 is 15.0 Å². The highest BCUT2D eigenvalue weighted by Gasteiger charge is 2.22. The Bertz CT molecular complexity index is 1150. The lowest BCUT2D eigenvalue weighted by Crippen LogP contribution is -2.29. The summed E-state index contributed by atoms with van der Waals surface area (Å²) in [7, 11) is 3.11. The highest BCUT2D eigenvalue weighted by Crippen LogP contribution is 2.32. The molecule has 2 aromatic carbocycles. The minimum absolute atomic E-state index is 0.0152. The van der Waals surface area contributed by atoms with Crippen LogP contribution in [-0.4, -0.2) is 35.3 Å². The van der Waals surface area contributed by atoms with Gasteiger partial charge in [0.05, 0.1) is 30.9 Å². The van der Waals surface area contributed by atoms with E-state index >= 15 is 0 Å². The molecule has 1 aromatic heterocycles. The zero-order valence-electron chi connectivity index (χ0n) is 17.8. The molecule has 0 amide bonds. The van der Waals surface area contributed by atoms with E-state index in [1.807, 2.05) is 28.8 Å². The van der Waals surface area contributed by atoms with Crippen LogP contribution in [-0.2, 0) is 0 Å². The normalized spacial score (nSPS) is 14.5. The van der Waals surface area contributed by atoms with E-state index in [-0.39, 0.29) is 23.1 Å². The molecule has 1 fully saturated rings. The number of benzene rings is 2. The third kappa shape index (κ3) is 4.46. The van der Waals surface area contributed by atoms with Gasteiger partial charge in [0, 0.05) is 11.6 Å². The predicted octanol–water partition coefficient (Wildman–Crippen LogP) is 4.89. The van der Waals surface area contributed by atoms with Gasteiger partial charge in [-0.2, -0.15) is 0 Å². The van der Waals surface area contributed by atoms with Crippen LogP contribution in [0.15, 0.2) is 52.4 Å². The highest BCUT2D eigenvalue weighted by atomic mass is 32.2. The van der Waals surface area contributed by atoms with Crippen molar-refractivity contribution in [2.45, 2.75) is 43.3 Å². The topological polar surface area (TPSA) is 70.4 Å². The molecule has 0 spiro atoms. The van der Waals surface area contributed by atoms with E-state index < -0.39 is 0 Å². The Morgan fingerprint density at radius 1 is 1.06 bits per heavy atom. The summed E-state index contributed by atoms with van der Waals surface area (Å²) in [4.78, 5) is 31.0. The van der Waals surface area contributed by atoms with Crippen LogP contribution in [0, 0.1) is 0 Å². The van der Waals surface area contributed by atoms with Crippen LogP contribution in [0.1, 0.15) is 48.5 Å². The van der Waals surface area contributed by atoms with Crippen LogP contribution >= 0.6 is 11.8 Å². The van der Waals surface area contributed by atoms with Crippen LogP contribution in [0.25, 0.3) is 10.9 Å². The molecule has 6 nitrogen and oxygen atoms in total. The number of carbonyl (C=O) groups is 1. The Hall–Kier alpha value is -2.80. The molecule has 0 bridgehead atoms. The number of para-hydroxylation sites is 1. The number of methoxy groups -OCH3 is 2. The van der Waals surface area contributed by atoms with Crippen molar-refractivity contribution in [3.63, 3.8) is 0 Å². The molecule has 0 atom stereocenters. The summed E-state index contributed by atoms with van der Waals surface area (Å²) < 4.78 is 12.4. The number of ketones is 1. The maximum Gasteiger partial charge on any atom is 0.262 e. The first-order chi connectivity index (χ1) is 15.1. The molecule has 0 N–H and O–H groups in total. The number of hydrogen-bond acceptors (Lipinski definition) is 6. The quantitative estimate of drug-likeness (QED) is 0.297. The molecule has 0 radical (unpaired) electrons. The van der Waals surface area contributed by atoms with Gasteiger partial charge in [0.25, 0.3) is 5.56 Å². The monoisotopic (exact) mass is 438 g/mol. The summed E-state index contributed by atoms with van der Waals surface area (Å²) in [5.41, 5.74) is 1.19. The van der Waals surface area contributed by atoms with Gasteiger partial charge in [-0.25, -0.2) is 4.98 Å². The Labute approximate surface area is 185 Å². The van der Waals surface area contributed by atoms with Crippen molar-refractivity contribution in [1.82, 2.24) is 9.55 Å². The number of carbonyl (C=O) groups excluding carboxylic acids is 1. The van der Waals surface area contributed by atoms with E-state index in [1.165, 1.54) is 18.2 Å². The maximum atomic E-state index is 13.3. The third-order valence-electron chi connectivity index (χ3n) is 5.75. The molecule has 1 aliphatic rings. The van der Waals surface area contributed by atoms with Gasteiger partial charge in [-0.3, -0.25) is 14.2 Å². The van der Waals surface area contributed by atoms with Gasteiger partial charge < -0.3 is 9.47 Å². The lowest BCUT2D eigenvalue weighted by molar-refractivity contribution is 0.102. The van der Waals surface area contributed by atoms with Crippen molar-refractivity contribution in [3.8, 4) is 11.5 Å². The average molecular weight is 439 g/mol. The van der Waals surface area contributed by atoms with Gasteiger partial charge in [0.1, 0.15) is 0 Å². The van der Waals surface area contributed by atoms with Crippen molar-refractivity contribution in [2.75, 3.05) is 20.0 Å². The van der Waals surface area contributed by atoms with E-state index in [0.29, 0.717) is 33.1 Å². The van der Waals surface area contributed by atoms with Crippen molar-refractivity contribution in [3.05, 3.63) is 58.4 Å². The van der Waals surface area contributed by atoms with E-state index in [4.69, 9.17) is 14.5 Å². The van der Waals surface area contributed by atoms with Crippen LogP contribution in [0.3, 0.4) is 0 Å². The largest absolute Gasteiger partial charge is 0.493 e. The fourth-order valence-electron chi connectivity index (χ4n) is 4.11. The first kappa shape index (κ1) is 21.4. The lowest BCUT2D eigenvalue weighted by atomic mass is 9.95. The Balaban J connectivity index is 1.64. The molecular weight excluding hydrogens is 412 g/mol. The summed E-state index contributed by atoms with van der Waals surface area (Å²) in [5, 5.41) is 1.24. The standard InChI is InChI=1S/C24H26N2O4S/c1-29-21-13-12-16(14-22(21)30-2)20(27)15-31-24-25-19-11-7-6-10-18(19)23(28)26(24)17-8-4-3-5-9-17/h6-7,10-14,17H,3-5,8-9,15H2,1-2H3. The fourth-order valence-corrected chi connectivity index (χ4v) is 5.07. The molecule has 3 aromatic rings. The first-order valence-corrected chi connectivity index (χ1v) is 11.5. The molecular formula is C24H26N2O4S. The number of aromatic nitrogens is 2. The van der Waals surface area contributed by atoms with Crippen LogP contribution in [0.5, 0.6) is 11.5 Å². The van der Waals surface area contributed by atoms with Crippen molar-refractivity contribution in [1.29, 1.82) is 0 Å². The number of fused-ring (bicyclic) bond motifs is 1. The SMILES string of the molecule is COc1ccc(C(=O)CSc2nc3ccccc3c(=O)n2C2CCCCC2)cc1OC. The Morgan fingerprint density at radius 3 is 2.55 bits per heavy atom. The predicted molar refractivity (Wildman–Crippen MR) is 123 cm³/mol. The molecule has 7 heteroatoms. The second-order valence-electron chi connectivity index (χ2n) is 7.66. The van der Waals surface area contributed by atoms with Crippen LogP contribution in [0.2, 0.25) is 0 Å². The molecule has 31 heavy (non-hydrogen) atoms. The molecule has 162 valence electrons. The smallest absolute Gasteiger partial charge is 0.262 e. The molecule has 1 saturated carbocycles. The van der Waals surface area contributed by atoms with Crippen LogP contribution in [0.4, 0.5) is 0 Å². The summed E-state index contributed by atoms with van der Waals surface area (Å²) in [6, 6.07) is 12.7. The maximum absolute atomic E-state index is 13.3. The zero-order chi connectivity index (χ0) is 21.8. The fraction of sp³-hybridized carbons (Fsp3) is 0.375. The Kier molecular flexibility index (Phi) is 6.61. The van der Waals surface area contributed by atoms with E-state index in [2.05, 4.69) is 0 Å². The van der Waals surface area contributed by atoms with E-state index in [9.17, 15) is 9.59 Å². The molecule has 0 aliphatic heterocycles. The Morgan fingerprint density at radius 2 is 1.81 bits per heavy atom. The molecule has 0 saturated heterocycles. The summed E-state index contributed by atoms with van der Waals surface area (Å²) in [5.74, 6) is 1.23. The van der Waals surface area contributed by atoms with E-state index in [0.717, 1.165) is 25.7 Å². The van der Waals surface area contributed by atoms with Gasteiger partial charge >= 0.3 is 0 Å². The van der Waals surface area contributed by atoms with Gasteiger partial charge in [0.15, 0.2) is 22.4 Å². The lowest BCUT2D eigenvalue weighted by Gasteiger charge is -2.26. The summed E-state index contributed by atoms with van der Waals surface area (Å²) in [6.45, 7) is 0. The van der Waals surface area contributed by atoms with Gasteiger partial charge in [-0.15, -0.1) is 0 Å². The minimum atomic E-state index is -0.0523. The van der Waals surface area contributed by atoms with Gasteiger partial charge in [0.2, 0.25) is 0 Å². The second-order valence-corrected chi connectivity index (χ2v) is 8.60. The summed E-state index contributed by atoms with van der Waals surface area (Å²) in [6.07, 6.45) is 5.36.